The maximum atomic E-state index is 5.53. The number of nitrogens with one attached hydrogen (secondary N) is 1. The molecule has 0 amide bonds. The molecule has 0 radical (unpaired) electrons. The van der Waals surface area contributed by atoms with E-state index < -0.39 is 0 Å². The van der Waals surface area contributed by atoms with Crippen LogP contribution in [0.4, 0.5) is 0 Å². The first-order valence-corrected chi connectivity index (χ1v) is 6.73. The van der Waals surface area contributed by atoms with Gasteiger partial charge in [-0.3, -0.25) is 0 Å². The van der Waals surface area contributed by atoms with Crippen LogP contribution in [0.3, 0.4) is 0 Å². The topological polar surface area (TPSA) is 21.3 Å². The Bertz CT molecular complexity index is 391. The lowest BCUT2D eigenvalue weighted by molar-refractivity contribution is 0.401. The van der Waals surface area contributed by atoms with E-state index in [0.717, 1.165) is 25.1 Å². The quantitative estimate of drug-likeness (QED) is 0.805. The minimum absolute atomic E-state index is 0.202. The van der Waals surface area contributed by atoms with Crippen molar-refractivity contribution in [2.24, 2.45) is 0 Å². The minimum Gasteiger partial charge on any atom is -0.496 e. The molecule has 0 aliphatic rings. The number of rotatable bonds is 5. The Hall–Kier alpha value is -1.02. The van der Waals surface area contributed by atoms with Gasteiger partial charge in [-0.25, -0.2) is 0 Å². The highest BCUT2D eigenvalue weighted by atomic mass is 16.5. The van der Waals surface area contributed by atoms with E-state index in [-0.39, 0.29) is 5.54 Å². The van der Waals surface area contributed by atoms with Gasteiger partial charge in [0.15, 0.2) is 0 Å². The summed E-state index contributed by atoms with van der Waals surface area (Å²) < 4.78 is 5.53. The van der Waals surface area contributed by atoms with Crippen LogP contribution >= 0.6 is 0 Å². The lowest BCUT2D eigenvalue weighted by Crippen LogP contribution is -2.36. The third kappa shape index (κ3) is 4.34. The monoisotopic (exact) mass is 249 g/mol. The van der Waals surface area contributed by atoms with Crippen LogP contribution in [-0.4, -0.2) is 19.2 Å². The predicted octanol–water partition coefficient (Wildman–Crippen LogP) is 3.63. The van der Waals surface area contributed by atoms with Crippen molar-refractivity contribution < 1.29 is 4.74 Å². The van der Waals surface area contributed by atoms with E-state index in [1.165, 1.54) is 16.7 Å². The highest BCUT2D eigenvalue weighted by Crippen LogP contribution is 2.27. The largest absolute Gasteiger partial charge is 0.496 e. The van der Waals surface area contributed by atoms with Crippen LogP contribution in [-0.2, 0) is 6.42 Å². The molecule has 1 aromatic carbocycles. The van der Waals surface area contributed by atoms with Gasteiger partial charge in [0.05, 0.1) is 7.11 Å². The van der Waals surface area contributed by atoms with Gasteiger partial charge in [0.25, 0.3) is 0 Å². The van der Waals surface area contributed by atoms with Crippen LogP contribution in [0, 0.1) is 13.8 Å². The first-order chi connectivity index (χ1) is 8.35. The SMILES string of the molecule is COc1c(CCCNC(C)(C)C)ccc(C)c1C. The molecule has 2 nitrogen and oxygen atoms in total. The Kier molecular flexibility index (Phi) is 5.21. The molecular weight excluding hydrogens is 222 g/mol. The molecule has 0 atom stereocenters. The highest BCUT2D eigenvalue weighted by molar-refractivity contribution is 5.45. The van der Waals surface area contributed by atoms with E-state index in [2.05, 4.69) is 52.1 Å². The maximum absolute atomic E-state index is 5.53. The molecule has 0 saturated carbocycles. The standard InChI is InChI=1S/C16H27NO/c1-12-9-10-14(15(18-6)13(12)2)8-7-11-17-16(3,4)5/h9-10,17H,7-8,11H2,1-6H3. The second-order valence-corrected chi connectivity index (χ2v) is 5.98. The van der Waals surface area contributed by atoms with Crippen LogP contribution in [0.2, 0.25) is 0 Å². The lowest BCUT2D eigenvalue weighted by atomic mass is 10.0. The van der Waals surface area contributed by atoms with Crippen molar-refractivity contribution in [2.45, 2.75) is 53.0 Å². The average molecular weight is 249 g/mol. The van der Waals surface area contributed by atoms with E-state index in [1.54, 1.807) is 7.11 Å². The summed E-state index contributed by atoms with van der Waals surface area (Å²) in [7, 11) is 1.76. The van der Waals surface area contributed by atoms with Crippen molar-refractivity contribution in [2.75, 3.05) is 13.7 Å². The smallest absolute Gasteiger partial charge is 0.125 e. The molecule has 0 aliphatic heterocycles. The minimum atomic E-state index is 0.202. The van der Waals surface area contributed by atoms with Gasteiger partial charge < -0.3 is 10.1 Å². The third-order valence-electron chi connectivity index (χ3n) is 3.24. The van der Waals surface area contributed by atoms with E-state index in [4.69, 9.17) is 4.74 Å². The second-order valence-electron chi connectivity index (χ2n) is 5.98. The molecule has 0 saturated heterocycles. The van der Waals surface area contributed by atoms with Crippen molar-refractivity contribution in [1.29, 1.82) is 0 Å². The molecule has 0 aliphatic carbocycles. The normalized spacial score (nSPS) is 11.7. The Balaban J connectivity index is 2.60. The summed E-state index contributed by atoms with van der Waals surface area (Å²) in [6.07, 6.45) is 2.20. The first-order valence-electron chi connectivity index (χ1n) is 6.73. The van der Waals surface area contributed by atoms with Crippen LogP contribution in [0.25, 0.3) is 0 Å². The molecule has 0 fully saturated rings. The third-order valence-corrected chi connectivity index (χ3v) is 3.24. The van der Waals surface area contributed by atoms with Crippen molar-refractivity contribution in [3.63, 3.8) is 0 Å². The summed E-state index contributed by atoms with van der Waals surface area (Å²) in [6.45, 7) is 11.9. The molecular formula is C16H27NO. The zero-order chi connectivity index (χ0) is 13.8. The van der Waals surface area contributed by atoms with Gasteiger partial charge in [-0.05, 0) is 70.7 Å². The lowest BCUT2D eigenvalue weighted by Gasteiger charge is -2.20. The zero-order valence-corrected chi connectivity index (χ0v) is 12.7. The van der Waals surface area contributed by atoms with Gasteiger partial charge in [-0.1, -0.05) is 12.1 Å². The number of hydrogen-bond acceptors (Lipinski definition) is 2. The molecule has 18 heavy (non-hydrogen) atoms. The molecule has 1 aromatic rings. The molecule has 0 spiro atoms. The Labute approximate surface area is 112 Å². The maximum Gasteiger partial charge on any atom is 0.125 e. The molecule has 2 heteroatoms. The van der Waals surface area contributed by atoms with Gasteiger partial charge >= 0.3 is 0 Å². The molecule has 0 unspecified atom stereocenters. The van der Waals surface area contributed by atoms with Crippen LogP contribution in [0.15, 0.2) is 12.1 Å². The fourth-order valence-corrected chi connectivity index (χ4v) is 2.07. The number of aryl methyl sites for hydroxylation is 2. The number of hydrogen-bond donors (Lipinski definition) is 1. The summed E-state index contributed by atoms with van der Waals surface area (Å²) in [4.78, 5) is 0. The van der Waals surface area contributed by atoms with Crippen LogP contribution in [0.5, 0.6) is 5.75 Å². The zero-order valence-electron chi connectivity index (χ0n) is 12.7. The van der Waals surface area contributed by atoms with Gasteiger partial charge in [-0.15, -0.1) is 0 Å². The van der Waals surface area contributed by atoms with Crippen molar-refractivity contribution in [3.8, 4) is 5.75 Å². The van der Waals surface area contributed by atoms with Gasteiger partial charge in [0, 0.05) is 5.54 Å². The van der Waals surface area contributed by atoms with E-state index in [9.17, 15) is 0 Å². The Morgan fingerprint density at radius 2 is 1.83 bits per heavy atom. The van der Waals surface area contributed by atoms with Gasteiger partial charge in [0.2, 0.25) is 0 Å². The summed E-state index contributed by atoms with van der Waals surface area (Å²) >= 11 is 0. The number of methoxy groups -OCH3 is 1. The van der Waals surface area contributed by atoms with E-state index >= 15 is 0 Å². The predicted molar refractivity (Wildman–Crippen MR) is 78.5 cm³/mol. The summed E-state index contributed by atoms with van der Waals surface area (Å²) in [5.41, 5.74) is 4.08. The molecule has 102 valence electrons. The van der Waals surface area contributed by atoms with Crippen LogP contribution < -0.4 is 10.1 Å². The second kappa shape index (κ2) is 6.24. The fraction of sp³-hybridized carbons (Fsp3) is 0.625. The molecule has 1 rings (SSSR count). The summed E-state index contributed by atoms with van der Waals surface area (Å²) in [6, 6.07) is 4.38. The molecule has 0 bridgehead atoms. The Morgan fingerprint density at radius 1 is 1.17 bits per heavy atom. The van der Waals surface area contributed by atoms with Crippen LogP contribution in [0.1, 0.15) is 43.9 Å². The molecule has 0 aromatic heterocycles. The van der Waals surface area contributed by atoms with E-state index in [1.807, 2.05) is 0 Å². The van der Waals surface area contributed by atoms with Crippen molar-refractivity contribution >= 4 is 0 Å². The first kappa shape index (κ1) is 15.0. The number of benzene rings is 1. The van der Waals surface area contributed by atoms with Crippen molar-refractivity contribution in [3.05, 3.63) is 28.8 Å². The van der Waals surface area contributed by atoms with Crippen molar-refractivity contribution in [1.82, 2.24) is 5.32 Å². The summed E-state index contributed by atoms with van der Waals surface area (Å²) in [5.74, 6) is 1.06. The van der Waals surface area contributed by atoms with Gasteiger partial charge in [0.1, 0.15) is 5.75 Å². The average Bonchev–Trinajstić information content (AvgIpc) is 2.28. The Morgan fingerprint density at radius 3 is 2.39 bits per heavy atom. The molecule has 0 heterocycles. The van der Waals surface area contributed by atoms with E-state index in [0.29, 0.717) is 0 Å². The number of ether oxygens (including phenoxy) is 1. The fourth-order valence-electron chi connectivity index (χ4n) is 2.07. The highest BCUT2D eigenvalue weighted by Gasteiger charge is 2.10. The summed E-state index contributed by atoms with van der Waals surface area (Å²) in [5, 5.41) is 3.51. The van der Waals surface area contributed by atoms with Gasteiger partial charge in [-0.2, -0.15) is 0 Å². The molecule has 1 N–H and O–H groups in total.